The summed E-state index contributed by atoms with van der Waals surface area (Å²) in [5.74, 6) is -1.36. The normalized spacial score (nSPS) is 19.5. The number of benzene rings is 1. The fourth-order valence-electron chi connectivity index (χ4n) is 2.12. The Morgan fingerprint density at radius 1 is 1.35 bits per heavy atom. The Labute approximate surface area is 116 Å². The molecule has 0 aliphatic carbocycles. The molecule has 1 saturated heterocycles. The number of phenolic OH excluding ortho intramolecular Hbond substituents is 1. The summed E-state index contributed by atoms with van der Waals surface area (Å²) in [6.45, 7) is 0.536. The van der Waals surface area contributed by atoms with Crippen LogP contribution in [0.3, 0.4) is 0 Å². The van der Waals surface area contributed by atoms with Gasteiger partial charge >= 0.3 is 5.97 Å². The Balaban J connectivity index is 1.98. The standard InChI is InChI=1S/C14H17NO5/c16-10-5-3-9(4-6-10)8-11(14(18)19)15-13(17)12-2-1-7-20-12/h3-6,11-12,16H,1-2,7-8H2,(H,15,17)(H,18,19)/t11-,12-/m1/s1. The number of hydrogen-bond acceptors (Lipinski definition) is 4. The molecule has 3 N–H and O–H groups in total. The van der Waals surface area contributed by atoms with Crippen molar-refractivity contribution in [3.63, 3.8) is 0 Å². The smallest absolute Gasteiger partial charge is 0.326 e. The lowest BCUT2D eigenvalue weighted by atomic mass is 10.1. The van der Waals surface area contributed by atoms with Crippen LogP contribution in [0.5, 0.6) is 5.75 Å². The molecule has 1 aliphatic heterocycles. The second-order valence-electron chi connectivity index (χ2n) is 4.77. The van der Waals surface area contributed by atoms with Gasteiger partial charge in [-0.05, 0) is 30.5 Å². The summed E-state index contributed by atoms with van der Waals surface area (Å²) in [6, 6.07) is 5.22. The second kappa shape index (κ2) is 6.38. The maximum absolute atomic E-state index is 11.9. The summed E-state index contributed by atoms with van der Waals surface area (Å²) in [6.07, 6.45) is 1.05. The molecule has 0 spiro atoms. The number of ether oxygens (including phenoxy) is 1. The number of phenols is 1. The van der Waals surface area contributed by atoms with Crippen LogP contribution in [0.25, 0.3) is 0 Å². The lowest BCUT2D eigenvalue weighted by Crippen LogP contribution is -2.46. The van der Waals surface area contributed by atoms with Crippen LogP contribution in [-0.2, 0) is 20.7 Å². The fourth-order valence-corrected chi connectivity index (χ4v) is 2.12. The minimum atomic E-state index is -1.09. The molecule has 6 heteroatoms. The van der Waals surface area contributed by atoms with E-state index in [0.29, 0.717) is 13.0 Å². The molecule has 1 fully saturated rings. The zero-order chi connectivity index (χ0) is 14.5. The zero-order valence-electron chi connectivity index (χ0n) is 10.9. The third-order valence-corrected chi connectivity index (χ3v) is 3.21. The van der Waals surface area contributed by atoms with E-state index in [1.54, 1.807) is 12.1 Å². The van der Waals surface area contributed by atoms with E-state index in [1.165, 1.54) is 12.1 Å². The molecule has 1 aromatic carbocycles. The first-order chi connectivity index (χ1) is 9.56. The SMILES string of the molecule is O=C(O)[C@@H](Cc1ccc(O)cc1)NC(=O)[C@H]1CCCO1. The second-order valence-corrected chi connectivity index (χ2v) is 4.77. The van der Waals surface area contributed by atoms with E-state index in [1.807, 2.05) is 0 Å². The predicted octanol–water partition coefficient (Wildman–Crippen LogP) is 0.683. The molecule has 2 rings (SSSR count). The van der Waals surface area contributed by atoms with Crippen LogP contribution in [0.1, 0.15) is 18.4 Å². The zero-order valence-corrected chi connectivity index (χ0v) is 10.9. The Kier molecular flexibility index (Phi) is 4.57. The number of amides is 1. The van der Waals surface area contributed by atoms with Crippen molar-refractivity contribution in [1.29, 1.82) is 0 Å². The third kappa shape index (κ3) is 3.71. The molecule has 1 amide bonds. The average Bonchev–Trinajstić information content (AvgIpc) is 2.94. The van der Waals surface area contributed by atoms with Crippen LogP contribution in [0.15, 0.2) is 24.3 Å². The first-order valence-corrected chi connectivity index (χ1v) is 6.49. The Bertz CT molecular complexity index is 479. The minimum absolute atomic E-state index is 0.115. The van der Waals surface area contributed by atoms with Gasteiger partial charge in [0, 0.05) is 13.0 Å². The van der Waals surface area contributed by atoms with Gasteiger partial charge in [-0.25, -0.2) is 4.79 Å². The molecule has 0 aromatic heterocycles. The van der Waals surface area contributed by atoms with Crippen molar-refractivity contribution in [3.05, 3.63) is 29.8 Å². The first-order valence-electron chi connectivity index (χ1n) is 6.49. The number of rotatable bonds is 5. The Hall–Kier alpha value is -2.08. The fraction of sp³-hybridized carbons (Fsp3) is 0.429. The largest absolute Gasteiger partial charge is 0.508 e. The van der Waals surface area contributed by atoms with Crippen molar-refractivity contribution < 1.29 is 24.5 Å². The number of carbonyl (C=O) groups excluding carboxylic acids is 1. The van der Waals surface area contributed by atoms with E-state index < -0.39 is 18.1 Å². The number of carboxylic acids is 1. The number of hydrogen-bond donors (Lipinski definition) is 3. The third-order valence-electron chi connectivity index (χ3n) is 3.21. The maximum Gasteiger partial charge on any atom is 0.326 e. The van der Waals surface area contributed by atoms with Gasteiger partial charge in [0.2, 0.25) is 5.91 Å². The summed E-state index contributed by atoms with van der Waals surface area (Å²) >= 11 is 0. The van der Waals surface area contributed by atoms with Gasteiger partial charge in [-0.2, -0.15) is 0 Å². The van der Waals surface area contributed by atoms with Crippen LogP contribution in [-0.4, -0.2) is 40.8 Å². The van der Waals surface area contributed by atoms with E-state index in [2.05, 4.69) is 5.32 Å². The van der Waals surface area contributed by atoms with Crippen LogP contribution in [0.4, 0.5) is 0 Å². The van der Waals surface area contributed by atoms with Crippen LogP contribution in [0.2, 0.25) is 0 Å². The minimum Gasteiger partial charge on any atom is -0.508 e. The molecular formula is C14H17NO5. The monoisotopic (exact) mass is 279 g/mol. The Morgan fingerprint density at radius 2 is 2.05 bits per heavy atom. The Morgan fingerprint density at radius 3 is 2.60 bits per heavy atom. The molecule has 0 radical (unpaired) electrons. The lowest BCUT2D eigenvalue weighted by molar-refractivity contribution is -0.143. The summed E-state index contributed by atoms with van der Waals surface area (Å²) in [5, 5.41) is 20.9. The maximum atomic E-state index is 11.9. The van der Waals surface area contributed by atoms with E-state index in [0.717, 1.165) is 12.0 Å². The number of nitrogens with one attached hydrogen (secondary N) is 1. The van der Waals surface area contributed by atoms with Crippen molar-refractivity contribution in [2.24, 2.45) is 0 Å². The van der Waals surface area contributed by atoms with Gasteiger partial charge in [0.05, 0.1) is 0 Å². The predicted molar refractivity (Wildman–Crippen MR) is 70.4 cm³/mol. The quantitative estimate of drug-likeness (QED) is 0.736. The molecule has 0 saturated carbocycles. The number of aromatic hydroxyl groups is 1. The summed E-state index contributed by atoms with van der Waals surface area (Å²) < 4.78 is 5.22. The highest BCUT2D eigenvalue weighted by Gasteiger charge is 2.28. The molecule has 1 aromatic rings. The van der Waals surface area contributed by atoms with Crippen molar-refractivity contribution in [2.45, 2.75) is 31.4 Å². The van der Waals surface area contributed by atoms with Gasteiger partial charge in [0.1, 0.15) is 17.9 Å². The van der Waals surface area contributed by atoms with Crippen LogP contribution in [0, 0.1) is 0 Å². The topological polar surface area (TPSA) is 95.9 Å². The summed E-state index contributed by atoms with van der Waals surface area (Å²) in [7, 11) is 0. The van der Waals surface area contributed by atoms with Crippen LogP contribution < -0.4 is 5.32 Å². The van der Waals surface area contributed by atoms with Gasteiger partial charge in [-0.3, -0.25) is 4.79 Å². The molecule has 108 valence electrons. The van der Waals surface area contributed by atoms with Crippen molar-refractivity contribution in [2.75, 3.05) is 6.61 Å². The highest BCUT2D eigenvalue weighted by atomic mass is 16.5. The van der Waals surface area contributed by atoms with Crippen molar-refractivity contribution >= 4 is 11.9 Å². The van der Waals surface area contributed by atoms with Crippen molar-refractivity contribution in [3.8, 4) is 5.75 Å². The van der Waals surface area contributed by atoms with Gasteiger partial charge in [0.25, 0.3) is 0 Å². The number of carboxylic acid groups (broad SMARTS) is 1. The van der Waals surface area contributed by atoms with E-state index in [4.69, 9.17) is 4.74 Å². The summed E-state index contributed by atoms with van der Waals surface area (Å²) in [5.41, 5.74) is 0.725. The van der Waals surface area contributed by atoms with Crippen LogP contribution >= 0.6 is 0 Å². The number of aliphatic carboxylic acids is 1. The molecular weight excluding hydrogens is 262 g/mol. The van der Waals surface area contributed by atoms with Gasteiger partial charge in [0.15, 0.2) is 0 Å². The number of carbonyl (C=O) groups is 2. The van der Waals surface area contributed by atoms with Gasteiger partial charge in [-0.15, -0.1) is 0 Å². The molecule has 2 atom stereocenters. The lowest BCUT2D eigenvalue weighted by Gasteiger charge is -2.17. The van der Waals surface area contributed by atoms with E-state index >= 15 is 0 Å². The van der Waals surface area contributed by atoms with E-state index in [9.17, 15) is 19.8 Å². The molecule has 20 heavy (non-hydrogen) atoms. The summed E-state index contributed by atoms with van der Waals surface area (Å²) in [4.78, 5) is 23.1. The van der Waals surface area contributed by atoms with Gasteiger partial charge in [-0.1, -0.05) is 12.1 Å². The molecule has 6 nitrogen and oxygen atoms in total. The van der Waals surface area contributed by atoms with Gasteiger partial charge < -0.3 is 20.3 Å². The molecule has 0 bridgehead atoms. The highest BCUT2D eigenvalue weighted by molar-refractivity contribution is 5.86. The molecule has 1 aliphatic rings. The highest BCUT2D eigenvalue weighted by Crippen LogP contribution is 2.14. The first kappa shape index (κ1) is 14.3. The average molecular weight is 279 g/mol. The van der Waals surface area contributed by atoms with E-state index in [-0.39, 0.29) is 18.1 Å². The molecule has 0 unspecified atom stereocenters. The van der Waals surface area contributed by atoms with Crippen molar-refractivity contribution in [1.82, 2.24) is 5.32 Å². The molecule has 1 heterocycles.